The van der Waals surface area contributed by atoms with E-state index in [-0.39, 0.29) is 0 Å². The molecule has 1 aromatic carbocycles. The van der Waals surface area contributed by atoms with Crippen LogP contribution >= 0.6 is 0 Å². The third-order valence-corrected chi connectivity index (χ3v) is 2.63. The molecule has 0 spiro atoms. The zero-order chi connectivity index (χ0) is 13.7. The summed E-state index contributed by atoms with van der Waals surface area (Å²) in [5.74, 6) is 1.49. The quantitative estimate of drug-likeness (QED) is 0.862. The van der Waals surface area contributed by atoms with E-state index in [1.54, 1.807) is 6.20 Å². The predicted molar refractivity (Wildman–Crippen MR) is 79.3 cm³/mol. The topological polar surface area (TPSA) is 49.8 Å². The van der Waals surface area contributed by atoms with E-state index in [1.807, 2.05) is 6.07 Å². The first-order valence-electron chi connectivity index (χ1n) is 6.52. The Hall–Kier alpha value is -2.10. The molecule has 1 heterocycles. The van der Waals surface area contributed by atoms with Crippen LogP contribution in [-0.2, 0) is 6.54 Å². The Bertz CT molecular complexity index is 537. The molecular weight excluding hydrogens is 236 g/mol. The van der Waals surface area contributed by atoms with Crippen molar-refractivity contribution in [3.05, 3.63) is 47.7 Å². The molecule has 0 aliphatic carbocycles. The largest absolute Gasteiger partial charge is 0.368 e. The van der Waals surface area contributed by atoms with Crippen molar-refractivity contribution >= 4 is 11.8 Å². The van der Waals surface area contributed by atoms with Gasteiger partial charge in [-0.15, -0.1) is 0 Å². The lowest BCUT2D eigenvalue weighted by Gasteiger charge is -2.10. The number of aromatic nitrogens is 2. The Kier molecular flexibility index (Phi) is 4.34. The fourth-order valence-electron chi connectivity index (χ4n) is 1.82. The highest BCUT2D eigenvalue weighted by Gasteiger charge is 2.00. The van der Waals surface area contributed by atoms with Crippen molar-refractivity contribution in [2.45, 2.75) is 33.4 Å². The van der Waals surface area contributed by atoms with Gasteiger partial charge < -0.3 is 10.6 Å². The molecule has 100 valence electrons. The molecule has 1 aromatic heterocycles. The first-order valence-corrected chi connectivity index (χ1v) is 6.52. The first kappa shape index (κ1) is 13.3. The van der Waals surface area contributed by atoms with Crippen LogP contribution in [0.1, 0.15) is 25.0 Å². The number of rotatable bonds is 5. The summed E-state index contributed by atoms with van der Waals surface area (Å²) in [7, 11) is 0. The molecule has 0 aliphatic heterocycles. The smallest absolute Gasteiger partial charge is 0.224 e. The van der Waals surface area contributed by atoms with Crippen molar-refractivity contribution in [2.75, 3.05) is 10.6 Å². The second kappa shape index (κ2) is 6.18. The minimum atomic E-state index is 0.361. The number of nitrogens with zero attached hydrogens (tertiary/aromatic N) is 2. The van der Waals surface area contributed by atoms with Crippen LogP contribution in [0.2, 0.25) is 0 Å². The van der Waals surface area contributed by atoms with E-state index >= 15 is 0 Å². The van der Waals surface area contributed by atoms with Crippen molar-refractivity contribution in [3.63, 3.8) is 0 Å². The van der Waals surface area contributed by atoms with Crippen molar-refractivity contribution in [1.82, 2.24) is 9.97 Å². The van der Waals surface area contributed by atoms with Gasteiger partial charge in [0.1, 0.15) is 5.82 Å². The summed E-state index contributed by atoms with van der Waals surface area (Å²) in [6, 6.07) is 10.6. The van der Waals surface area contributed by atoms with Crippen LogP contribution in [0.15, 0.2) is 36.5 Å². The highest BCUT2D eigenvalue weighted by atomic mass is 15.1. The summed E-state index contributed by atoms with van der Waals surface area (Å²) in [5, 5.41) is 6.50. The summed E-state index contributed by atoms with van der Waals surface area (Å²) in [5.41, 5.74) is 2.49. The Morgan fingerprint density at radius 1 is 1.21 bits per heavy atom. The molecule has 2 rings (SSSR count). The maximum atomic E-state index is 4.42. The third-order valence-electron chi connectivity index (χ3n) is 2.63. The van der Waals surface area contributed by atoms with E-state index in [1.165, 1.54) is 11.1 Å². The normalized spacial score (nSPS) is 10.5. The van der Waals surface area contributed by atoms with Crippen molar-refractivity contribution in [3.8, 4) is 0 Å². The molecule has 0 atom stereocenters. The molecule has 0 saturated carbocycles. The molecule has 0 bridgehead atoms. The first-order chi connectivity index (χ1) is 9.13. The summed E-state index contributed by atoms with van der Waals surface area (Å²) in [6.45, 7) is 6.99. The second-order valence-corrected chi connectivity index (χ2v) is 4.91. The third kappa shape index (κ3) is 4.25. The molecular formula is C15H20N4. The van der Waals surface area contributed by atoms with Crippen molar-refractivity contribution in [2.24, 2.45) is 0 Å². The summed E-state index contributed by atoms with van der Waals surface area (Å²) < 4.78 is 0. The number of hydrogen-bond acceptors (Lipinski definition) is 4. The van der Waals surface area contributed by atoms with E-state index < -0.39 is 0 Å². The van der Waals surface area contributed by atoms with E-state index in [9.17, 15) is 0 Å². The van der Waals surface area contributed by atoms with Gasteiger partial charge in [0.25, 0.3) is 0 Å². The molecule has 19 heavy (non-hydrogen) atoms. The van der Waals surface area contributed by atoms with Crippen LogP contribution in [0, 0.1) is 6.92 Å². The highest BCUT2D eigenvalue weighted by molar-refractivity contribution is 5.40. The lowest BCUT2D eigenvalue weighted by atomic mass is 10.1. The molecule has 0 amide bonds. The lowest BCUT2D eigenvalue weighted by Crippen LogP contribution is -2.12. The molecule has 2 aromatic rings. The second-order valence-electron chi connectivity index (χ2n) is 4.91. The predicted octanol–water partition coefficient (Wildman–Crippen LogP) is 3.22. The SMILES string of the molecule is Cc1cccc(CNc2nccc(NC(C)C)n2)c1. The molecule has 0 fully saturated rings. The average Bonchev–Trinajstić information content (AvgIpc) is 2.36. The van der Waals surface area contributed by atoms with Gasteiger partial charge in [0.2, 0.25) is 5.95 Å². The molecule has 2 N–H and O–H groups in total. The van der Waals surface area contributed by atoms with E-state index in [0.717, 1.165) is 12.4 Å². The number of anilines is 2. The number of benzene rings is 1. The van der Waals surface area contributed by atoms with Gasteiger partial charge in [-0.25, -0.2) is 4.98 Å². The van der Waals surface area contributed by atoms with Gasteiger partial charge >= 0.3 is 0 Å². The molecule has 4 nitrogen and oxygen atoms in total. The van der Waals surface area contributed by atoms with Crippen LogP contribution in [0.25, 0.3) is 0 Å². The van der Waals surface area contributed by atoms with Crippen LogP contribution in [-0.4, -0.2) is 16.0 Å². The van der Waals surface area contributed by atoms with Crippen LogP contribution in [0.4, 0.5) is 11.8 Å². The van der Waals surface area contributed by atoms with Crippen molar-refractivity contribution < 1.29 is 0 Å². The Morgan fingerprint density at radius 2 is 2.05 bits per heavy atom. The zero-order valence-corrected chi connectivity index (χ0v) is 11.6. The molecule has 0 unspecified atom stereocenters. The number of aryl methyl sites for hydroxylation is 1. The summed E-state index contributed by atoms with van der Waals surface area (Å²) >= 11 is 0. The Balaban J connectivity index is 1.99. The number of hydrogen-bond donors (Lipinski definition) is 2. The minimum absolute atomic E-state index is 0.361. The Labute approximate surface area is 114 Å². The summed E-state index contributed by atoms with van der Waals surface area (Å²) in [4.78, 5) is 8.64. The average molecular weight is 256 g/mol. The molecule has 0 saturated heterocycles. The standard InChI is InChI=1S/C15H20N4/c1-11(2)18-14-7-8-16-15(19-14)17-10-13-6-4-5-12(3)9-13/h4-9,11H,10H2,1-3H3,(H2,16,17,18,19). The van der Waals surface area contributed by atoms with Crippen LogP contribution in [0.3, 0.4) is 0 Å². The van der Waals surface area contributed by atoms with E-state index in [0.29, 0.717) is 12.0 Å². The number of nitrogens with one attached hydrogen (secondary N) is 2. The summed E-state index contributed by atoms with van der Waals surface area (Å²) in [6.07, 6.45) is 1.76. The van der Waals surface area contributed by atoms with Crippen molar-refractivity contribution in [1.29, 1.82) is 0 Å². The fourth-order valence-corrected chi connectivity index (χ4v) is 1.82. The van der Waals surface area contributed by atoms with Gasteiger partial charge in [-0.1, -0.05) is 29.8 Å². The van der Waals surface area contributed by atoms with Gasteiger partial charge in [0.05, 0.1) is 0 Å². The fraction of sp³-hybridized carbons (Fsp3) is 0.333. The maximum Gasteiger partial charge on any atom is 0.224 e. The minimum Gasteiger partial charge on any atom is -0.368 e. The Morgan fingerprint density at radius 3 is 2.79 bits per heavy atom. The van der Waals surface area contributed by atoms with Gasteiger partial charge in [-0.2, -0.15) is 4.98 Å². The monoisotopic (exact) mass is 256 g/mol. The van der Waals surface area contributed by atoms with Gasteiger partial charge in [-0.3, -0.25) is 0 Å². The molecule has 0 radical (unpaired) electrons. The van der Waals surface area contributed by atoms with E-state index in [2.05, 4.69) is 65.6 Å². The molecule has 0 aliphatic rings. The van der Waals surface area contributed by atoms with Gasteiger partial charge in [0.15, 0.2) is 0 Å². The highest BCUT2D eigenvalue weighted by Crippen LogP contribution is 2.09. The maximum absolute atomic E-state index is 4.42. The lowest BCUT2D eigenvalue weighted by molar-refractivity contribution is 0.885. The van der Waals surface area contributed by atoms with Crippen LogP contribution in [0.5, 0.6) is 0 Å². The van der Waals surface area contributed by atoms with Gasteiger partial charge in [-0.05, 0) is 32.4 Å². The zero-order valence-electron chi connectivity index (χ0n) is 11.6. The van der Waals surface area contributed by atoms with Crippen LogP contribution < -0.4 is 10.6 Å². The van der Waals surface area contributed by atoms with E-state index in [4.69, 9.17) is 0 Å². The molecule has 4 heteroatoms. The van der Waals surface area contributed by atoms with Gasteiger partial charge in [0, 0.05) is 18.8 Å².